The van der Waals surface area contributed by atoms with Gasteiger partial charge in [-0.1, -0.05) is 17.7 Å². The summed E-state index contributed by atoms with van der Waals surface area (Å²) >= 11 is 0. The van der Waals surface area contributed by atoms with E-state index in [1.54, 1.807) is 12.1 Å². The van der Waals surface area contributed by atoms with Crippen LogP contribution in [-0.4, -0.2) is 35.6 Å². The molecule has 0 N–H and O–H groups in total. The first-order valence-corrected chi connectivity index (χ1v) is 13.4. The van der Waals surface area contributed by atoms with Crippen molar-refractivity contribution in [3.8, 4) is 11.8 Å². The first-order valence-electron chi connectivity index (χ1n) is 12.0. The Morgan fingerprint density at radius 3 is 2.67 bits per heavy atom. The van der Waals surface area contributed by atoms with Crippen molar-refractivity contribution < 1.29 is 17.2 Å². The molecule has 0 bridgehead atoms. The van der Waals surface area contributed by atoms with Gasteiger partial charge in [-0.2, -0.15) is 14.7 Å². The molecule has 6 nitrogen and oxygen atoms in total. The van der Waals surface area contributed by atoms with Crippen molar-refractivity contribution in [2.75, 3.05) is 13.1 Å². The molecule has 6 rings (SSSR count). The maximum Gasteiger partial charge on any atom is 0.246 e. The van der Waals surface area contributed by atoms with Crippen molar-refractivity contribution in [1.29, 1.82) is 5.26 Å². The molecular weight excluding hydrogens is 482 g/mol. The molecule has 3 aromatic rings. The first kappa shape index (κ1) is 23.1. The SMILES string of the molecule is N#CCCN(C[C@@]12CCC3=Cc4c(cnn4-c4ccc(F)cc4)C[C@@]31C2)S(=O)(=O)c1ccccc1F. The van der Waals surface area contributed by atoms with Crippen LogP contribution in [0.2, 0.25) is 0 Å². The van der Waals surface area contributed by atoms with E-state index in [4.69, 9.17) is 5.26 Å². The average Bonchev–Trinajstić information content (AvgIpc) is 3.13. The van der Waals surface area contributed by atoms with E-state index in [0.717, 1.165) is 48.7 Å². The van der Waals surface area contributed by atoms with Crippen molar-refractivity contribution in [1.82, 2.24) is 14.1 Å². The van der Waals surface area contributed by atoms with E-state index in [1.165, 1.54) is 40.2 Å². The summed E-state index contributed by atoms with van der Waals surface area (Å²) in [5, 5.41) is 13.7. The first-order chi connectivity index (χ1) is 17.3. The molecule has 2 aromatic carbocycles. The molecule has 184 valence electrons. The number of hydrogen-bond donors (Lipinski definition) is 0. The molecule has 9 heteroatoms. The number of nitriles is 1. The molecule has 3 aliphatic carbocycles. The van der Waals surface area contributed by atoms with Gasteiger partial charge in [0, 0.05) is 24.9 Å². The summed E-state index contributed by atoms with van der Waals surface area (Å²) in [5.74, 6) is -1.09. The predicted octanol–water partition coefficient (Wildman–Crippen LogP) is 4.86. The largest absolute Gasteiger partial charge is 0.246 e. The Morgan fingerprint density at radius 1 is 1.14 bits per heavy atom. The van der Waals surface area contributed by atoms with Crippen molar-refractivity contribution in [3.63, 3.8) is 0 Å². The van der Waals surface area contributed by atoms with E-state index in [1.807, 2.05) is 16.9 Å². The number of fused-ring (bicyclic) bond motifs is 1. The standard InChI is InChI=1S/C27H24F2N4O2S/c28-21-6-8-22(9-7-21)33-24-14-20-10-11-26(17-27(20,26)15-19(24)16-31-33)18-32(13-3-12-30)36(34,35)25-5-2-1-4-23(25)29/h1-2,4-9,14,16H,3,10-11,13,15,17-18H2/t26-,27+/m0/s1. The highest BCUT2D eigenvalue weighted by atomic mass is 32.2. The summed E-state index contributed by atoms with van der Waals surface area (Å²) in [6.07, 6.45) is 7.32. The zero-order valence-electron chi connectivity index (χ0n) is 19.5. The van der Waals surface area contributed by atoms with Gasteiger partial charge in [-0.15, -0.1) is 0 Å². The molecule has 0 saturated heterocycles. The Balaban J connectivity index is 1.32. The lowest BCUT2D eigenvalue weighted by molar-refractivity contribution is 0.294. The summed E-state index contributed by atoms with van der Waals surface area (Å²) in [6.45, 7) is 0.280. The van der Waals surface area contributed by atoms with Gasteiger partial charge in [-0.25, -0.2) is 21.9 Å². The second-order valence-electron chi connectivity index (χ2n) is 10.0. The molecule has 2 atom stereocenters. The molecular formula is C27H24F2N4O2S. The maximum absolute atomic E-state index is 14.5. The molecule has 0 amide bonds. The summed E-state index contributed by atoms with van der Waals surface area (Å²) in [4.78, 5) is -0.352. The van der Waals surface area contributed by atoms with Gasteiger partial charge >= 0.3 is 0 Å². The summed E-state index contributed by atoms with van der Waals surface area (Å²) < 4.78 is 58.0. The predicted molar refractivity (Wildman–Crippen MR) is 129 cm³/mol. The summed E-state index contributed by atoms with van der Waals surface area (Å²) in [7, 11) is -4.10. The van der Waals surface area contributed by atoms with E-state index >= 15 is 0 Å². The maximum atomic E-state index is 14.5. The van der Waals surface area contributed by atoms with Crippen molar-refractivity contribution in [2.24, 2.45) is 10.8 Å². The van der Waals surface area contributed by atoms with E-state index in [9.17, 15) is 17.2 Å². The van der Waals surface area contributed by atoms with Gasteiger partial charge in [0.25, 0.3) is 0 Å². The number of sulfonamides is 1. The fourth-order valence-corrected chi connectivity index (χ4v) is 7.93. The Morgan fingerprint density at radius 2 is 1.92 bits per heavy atom. The number of aromatic nitrogens is 2. The van der Waals surface area contributed by atoms with Crippen LogP contribution in [0.15, 0.2) is 65.2 Å². The second kappa shape index (κ2) is 8.08. The quantitative estimate of drug-likeness (QED) is 0.458. The van der Waals surface area contributed by atoms with E-state index < -0.39 is 15.8 Å². The smallest absolute Gasteiger partial charge is 0.233 e. The van der Waals surface area contributed by atoms with Gasteiger partial charge in [0.15, 0.2) is 0 Å². The highest BCUT2D eigenvalue weighted by molar-refractivity contribution is 7.89. The topological polar surface area (TPSA) is 79.0 Å². The van der Waals surface area contributed by atoms with Crippen molar-refractivity contribution in [3.05, 3.63) is 83.2 Å². The molecule has 0 unspecified atom stereocenters. The van der Waals surface area contributed by atoms with Crippen LogP contribution in [0.25, 0.3) is 11.8 Å². The number of allylic oxidation sites excluding steroid dienone is 1. The Kier molecular flexibility index (Phi) is 5.18. The molecule has 3 aliphatic rings. The fourth-order valence-electron chi connectivity index (χ4n) is 6.34. The van der Waals surface area contributed by atoms with Crippen LogP contribution < -0.4 is 0 Å². The van der Waals surface area contributed by atoms with Gasteiger partial charge in [0.1, 0.15) is 16.5 Å². The molecule has 2 saturated carbocycles. The molecule has 1 heterocycles. The fraction of sp³-hybridized carbons (Fsp3) is 0.333. The van der Waals surface area contributed by atoms with Crippen LogP contribution in [0.4, 0.5) is 8.78 Å². The minimum atomic E-state index is -4.10. The van der Waals surface area contributed by atoms with Crippen LogP contribution in [0.5, 0.6) is 0 Å². The third-order valence-corrected chi connectivity index (χ3v) is 10.1. The highest BCUT2D eigenvalue weighted by Crippen LogP contribution is 2.78. The van der Waals surface area contributed by atoms with Crippen LogP contribution >= 0.6 is 0 Å². The Hall–Kier alpha value is -3.35. The van der Waals surface area contributed by atoms with Gasteiger partial charge < -0.3 is 0 Å². The molecule has 0 radical (unpaired) electrons. The molecule has 2 fully saturated rings. The van der Waals surface area contributed by atoms with Crippen molar-refractivity contribution >= 4 is 16.1 Å². The van der Waals surface area contributed by atoms with Gasteiger partial charge in [0.2, 0.25) is 10.0 Å². The van der Waals surface area contributed by atoms with E-state index in [-0.39, 0.29) is 41.1 Å². The van der Waals surface area contributed by atoms with Gasteiger partial charge in [-0.3, -0.25) is 0 Å². The molecule has 36 heavy (non-hydrogen) atoms. The van der Waals surface area contributed by atoms with Crippen LogP contribution in [-0.2, 0) is 16.4 Å². The Labute approximate surface area is 208 Å². The number of nitrogens with zero attached hydrogens (tertiary/aromatic N) is 4. The lowest BCUT2D eigenvalue weighted by atomic mass is 9.82. The molecule has 0 aliphatic heterocycles. The summed E-state index contributed by atoms with van der Waals surface area (Å²) in [5.41, 5.74) is 3.72. The van der Waals surface area contributed by atoms with Crippen molar-refractivity contribution in [2.45, 2.75) is 37.0 Å². The normalized spacial score (nSPS) is 24.0. The second-order valence-corrected chi connectivity index (χ2v) is 11.9. The highest BCUT2D eigenvalue weighted by Gasteiger charge is 2.72. The van der Waals surface area contributed by atoms with E-state index in [2.05, 4.69) is 11.2 Å². The van der Waals surface area contributed by atoms with Gasteiger partial charge in [-0.05, 0) is 79.1 Å². The molecule has 1 aromatic heterocycles. The van der Waals surface area contributed by atoms with Crippen LogP contribution in [0.3, 0.4) is 0 Å². The van der Waals surface area contributed by atoms with Crippen LogP contribution in [0, 0.1) is 33.8 Å². The monoisotopic (exact) mass is 506 g/mol. The van der Waals surface area contributed by atoms with Crippen LogP contribution in [0.1, 0.15) is 36.9 Å². The Bertz CT molecular complexity index is 1540. The lowest BCUT2D eigenvalue weighted by Gasteiger charge is -2.29. The lowest BCUT2D eigenvalue weighted by Crippen LogP contribution is -2.38. The number of benzene rings is 2. The molecule has 1 spiro atoms. The number of hydrogen-bond acceptors (Lipinski definition) is 4. The average molecular weight is 507 g/mol. The third-order valence-electron chi connectivity index (χ3n) is 8.19. The zero-order valence-corrected chi connectivity index (χ0v) is 20.3. The number of rotatable bonds is 7. The van der Waals surface area contributed by atoms with Gasteiger partial charge in [0.05, 0.1) is 23.6 Å². The minimum absolute atomic E-state index is 0.0256. The third kappa shape index (κ3) is 3.35. The minimum Gasteiger partial charge on any atom is -0.233 e. The summed E-state index contributed by atoms with van der Waals surface area (Å²) in [6, 6.07) is 13.6. The van der Waals surface area contributed by atoms with E-state index in [0.29, 0.717) is 0 Å². The zero-order chi connectivity index (χ0) is 25.1. The number of halogens is 2.